The Balaban J connectivity index is 0.000000561. The molecular weight excluding hydrogens is 186 g/mol. The Labute approximate surface area is 87.1 Å². The highest BCUT2D eigenvalue weighted by Crippen LogP contribution is 2.23. The smallest absolute Gasteiger partial charge is 0.00326 e. The molecule has 0 aromatic heterocycles. The minimum absolute atomic E-state index is 0.542. The number of hydrogen-bond acceptors (Lipinski definition) is 3. The maximum atomic E-state index is 3.22. The monoisotopic (exact) mass is 207 g/mol. The van der Waals surface area contributed by atoms with Crippen molar-refractivity contribution in [2.24, 2.45) is 5.41 Å². The summed E-state index contributed by atoms with van der Waals surface area (Å²) in [6.07, 6.45) is 2.71. The molecule has 1 aliphatic heterocycles. The van der Waals surface area contributed by atoms with Crippen molar-refractivity contribution in [3.05, 3.63) is 0 Å². The van der Waals surface area contributed by atoms with E-state index < -0.39 is 0 Å². The summed E-state index contributed by atoms with van der Waals surface area (Å²) in [5.41, 5.74) is 0.542. The first-order chi connectivity index (χ1) is 5.64. The second kappa shape index (κ2) is 6.17. The zero-order chi connectivity index (χ0) is 9.61. The molecule has 1 fully saturated rings. The van der Waals surface area contributed by atoms with Crippen molar-refractivity contribution in [1.29, 1.82) is 0 Å². The van der Waals surface area contributed by atoms with Crippen molar-refractivity contribution in [2.75, 3.05) is 19.6 Å². The molecule has 0 unspecified atom stereocenters. The van der Waals surface area contributed by atoms with E-state index in [1.54, 1.807) is 0 Å². The van der Waals surface area contributed by atoms with Crippen molar-refractivity contribution in [3.63, 3.8) is 0 Å². The summed E-state index contributed by atoms with van der Waals surface area (Å²) < 4.78 is 0. The lowest BCUT2D eigenvalue weighted by atomic mass is 9.89. The van der Waals surface area contributed by atoms with E-state index in [1.165, 1.54) is 32.5 Å². The van der Waals surface area contributed by atoms with E-state index in [-0.39, 0.29) is 0 Å². The van der Waals surface area contributed by atoms with Crippen LogP contribution in [0.15, 0.2) is 0 Å². The SMILES string of the molecule is CCC(C)(C)CN1CCC1.SS. The first kappa shape index (κ1) is 12.7. The molecule has 3 heteroatoms. The molecule has 12 heavy (non-hydrogen) atoms. The summed E-state index contributed by atoms with van der Waals surface area (Å²) in [5, 5.41) is 0. The van der Waals surface area contributed by atoms with Gasteiger partial charge in [0, 0.05) is 6.54 Å². The lowest BCUT2D eigenvalue weighted by Crippen LogP contribution is -2.42. The third kappa shape index (κ3) is 4.63. The van der Waals surface area contributed by atoms with Gasteiger partial charge in [-0.25, -0.2) is 0 Å². The molecule has 0 aromatic carbocycles. The predicted octanol–water partition coefficient (Wildman–Crippen LogP) is 2.89. The molecule has 0 aliphatic carbocycles. The molecule has 0 bridgehead atoms. The summed E-state index contributed by atoms with van der Waals surface area (Å²) >= 11 is 6.44. The maximum absolute atomic E-state index is 3.22. The lowest BCUT2D eigenvalue weighted by Gasteiger charge is -2.37. The van der Waals surface area contributed by atoms with Crippen molar-refractivity contribution in [1.82, 2.24) is 4.90 Å². The van der Waals surface area contributed by atoms with Crippen LogP contribution in [-0.4, -0.2) is 24.5 Å². The van der Waals surface area contributed by atoms with Crippen molar-refractivity contribution in [3.8, 4) is 0 Å². The molecule has 74 valence electrons. The third-order valence-electron chi connectivity index (χ3n) is 2.56. The molecule has 0 saturated carbocycles. The van der Waals surface area contributed by atoms with Gasteiger partial charge in [0.1, 0.15) is 0 Å². The van der Waals surface area contributed by atoms with Crippen LogP contribution in [0.5, 0.6) is 0 Å². The molecule has 1 aliphatic rings. The quantitative estimate of drug-likeness (QED) is 0.532. The van der Waals surface area contributed by atoms with Crippen LogP contribution in [0, 0.1) is 5.41 Å². The fraction of sp³-hybridized carbons (Fsp3) is 1.00. The minimum atomic E-state index is 0.542. The van der Waals surface area contributed by atoms with Crippen LogP contribution in [0.1, 0.15) is 33.6 Å². The molecule has 0 radical (unpaired) electrons. The zero-order valence-corrected chi connectivity index (χ0v) is 10.2. The standard InChI is InChI=1S/C9H19N.H2S2/c1-4-9(2,3)8-10-6-5-7-10;1-2/h4-8H2,1-3H3;1-2H. The number of hydrogen-bond donors (Lipinski definition) is 2. The predicted molar refractivity (Wildman–Crippen MR) is 63.1 cm³/mol. The van der Waals surface area contributed by atoms with Gasteiger partial charge >= 0.3 is 0 Å². The van der Waals surface area contributed by atoms with E-state index in [0.717, 1.165) is 0 Å². The van der Waals surface area contributed by atoms with Gasteiger partial charge in [-0.1, -0.05) is 20.8 Å². The molecule has 1 heterocycles. The maximum Gasteiger partial charge on any atom is 0.00326 e. The van der Waals surface area contributed by atoms with Crippen LogP contribution >= 0.6 is 23.3 Å². The lowest BCUT2D eigenvalue weighted by molar-refractivity contribution is 0.114. The first-order valence-corrected chi connectivity index (χ1v) is 6.16. The van der Waals surface area contributed by atoms with Crippen LogP contribution in [0.2, 0.25) is 0 Å². The van der Waals surface area contributed by atoms with Crippen molar-refractivity contribution >= 4 is 23.3 Å². The Bertz CT molecular complexity index is 111. The molecular formula is C9H21NS2. The second-order valence-corrected chi connectivity index (χ2v) is 4.15. The zero-order valence-electron chi connectivity index (χ0n) is 8.38. The topological polar surface area (TPSA) is 3.24 Å². The fourth-order valence-electron chi connectivity index (χ4n) is 1.26. The van der Waals surface area contributed by atoms with Gasteiger partial charge in [0.15, 0.2) is 0 Å². The van der Waals surface area contributed by atoms with Gasteiger partial charge in [0.2, 0.25) is 0 Å². The van der Waals surface area contributed by atoms with Crippen LogP contribution in [0.4, 0.5) is 0 Å². The number of nitrogens with zero attached hydrogens (tertiary/aromatic N) is 1. The normalized spacial score (nSPS) is 17.8. The average Bonchev–Trinajstić information content (AvgIpc) is 2.02. The summed E-state index contributed by atoms with van der Waals surface area (Å²) in [6, 6.07) is 0. The third-order valence-corrected chi connectivity index (χ3v) is 2.56. The van der Waals surface area contributed by atoms with E-state index in [4.69, 9.17) is 0 Å². The van der Waals surface area contributed by atoms with Gasteiger partial charge in [-0.15, -0.1) is 23.3 Å². The fourth-order valence-corrected chi connectivity index (χ4v) is 1.26. The Morgan fingerprint density at radius 1 is 1.25 bits per heavy atom. The van der Waals surface area contributed by atoms with E-state index >= 15 is 0 Å². The molecule has 0 N–H and O–H groups in total. The van der Waals surface area contributed by atoms with Gasteiger partial charge in [-0.2, -0.15) is 0 Å². The van der Waals surface area contributed by atoms with Crippen molar-refractivity contribution < 1.29 is 0 Å². The van der Waals surface area contributed by atoms with Gasteiger partial charge < -0.3 is 4.90 Å². The highest BCUT2D eigenvalue weighted by Gasteiger charge is 2.22. The van der Waals surface area contributed by atoms with Gasteiger partial charge in [0.25, 0.3) is 0 Å². The molecule has 0 spiro atoms. The summed E-state index contributed by atoms with van der Waals surface area (Å²) in [6.45, 7) is 11.0. The Morgan fingerprint density at radius 2 is 1.75 bits per heavy atom. The Morgan fingerprint density at radius 3 is 2.00 bits per heavy atom. The number of rotatable bonds is 3. The molecule has 1 rings (SSSR count). The summed E-state index contributed by atoms with van der Waals surface area (Å²) in [4.78, 5) is 2.55. The molecule has 0 aromatic rings. The van der Waals surface area contributed by atoms with Crippen LogP contribution in [0.25, 0.3) is 0 Å². The molecule has 1 saturated heterocycles. The number of likely N-dealkylation sites (tertiary alicyclic amines) is 1. The Kier molecular flexibility index (Phi) is 6.50. The van der Waals surface area contributed by atoms with Crippen molar-refractivity contribution in [2.45, 2.75) is 33.6 Å². The van der Waals surface area contributed by atoms with Gasteiger partial charge in [0.05, 0.1) is 0 Å². The van der Waals surface area contributed by atoms with E-state index in [1.807, 2.05) is 0 Å². The van der Waals surface area contributed by atoms with E-state index in [0.29, 0.717) is 5.41 Å². The highest BCUT2D eigenvalue weighted by atomic mass is 33.1. The van der Waals surface area contributed by atoms with Crippen LogP contribution in [0.3, 0.4) is 0 Å². The summed E-state index contributed by atoms with van der Waals surface area (Å²) in [5.74, 6) is 0. The minimum Gasteiger partial charge on any atom is -0.303 e. The summed E-state index contributed by atoms with van der Waals surface area (Å²) in [7, 11) is 0. The van der Waals surface area contributed by atoms with E-state index in [9.17, 15) is 0 Å². The molecule has 0 amide bonds. The Hall–Kier alpha value is 0.660. The van der Waals surface area contributed by atoms with E-state index in [2.05, 4.69) is 49.0 Å². The van der Waals surface area contributed by atoms with Gasteiger partial charge in [-0.3, -0.25) is 0 Å². The molecule has 0 atom stereocenters. The highest BCUT2D eigenvalue weighted by molar-refractivity contribution is 8.59. The number of thiol groups is 2. The molecule has 1 nitrogen and oxygen atoms in total. The first-order valence-electron chi connectivity index (χ1n) is 4.56. The second-order valence-electron chi connectivity index (χ2n) is 4.15. The van der Waals surface area contributed by atoms with Crippen LogP contribution < -0.4 is 0 Å². The average molecular weight is 207 g/mol. The largest absolute Gasteiger partial charge is 0.303 e. The van der Waals surface area contributed by atoms with Gasteiger partial charge in [-0.05, 0) is 31.3 Å². The van der Waals surface area contributed by atoms with Crippen LogP contribution in [-0.2, 0) is 0 Å².